The van der Waals surface area contributed by atoms with Crippen molar-refractivity contribution >= 4 is 24.0 Å². The maximum Gasteiger partial charge on any atom is 0.408 e. The number of hydrogen-bond donors (Lipinski definition) is 3. The van der Waals surface area contributed by atoms with Crippen molar-refractivity contribution in [2.45, 2.75) is 147 Å². The molecule has 6 aliphatic rings. The van der Waals surface area contributed by atoms with Gasteiger partial charge in [-0.2, -0.15) is 0 Å². The molecule has 12 atom stereocenters. The van der Waals surface area contributed by atoms with Crippen LogP contribution in [-0.4, -0.2) is 125 Å². The van der Waals surface area contributed by atoms with Crippen LogP contribution >= 0.6 is 0 Å². The van der Waals surface area contributed by atoms with Crippen molar-refractivity contribution in [3.63, 3.8) is 0 Å². The number of ether oxygens (including phenoxy) is 7. The number of aliphatic hydroxyl groups excluding tert-OH is 1. The zero-order chi connectivity index (χ0) is 46.1. The third kappa shape index (κ3) is 7.91. The minimum absolute atomic E-state index is 0.0444. The Hall–Kier alpha value is -4.45. The Bertz CT molecular complexity index is 2170. The van der Waals surface area contributed by atoms with Gasteiger partial charge in [-0.05, 0) is 89.4 Å². The summed E-state index contributed by atoms with van der Waals surface area (Å²) in [5.41, 5.74) is -5.69. The summed E-state index contributed by atoms with van der Waals surface area (Å²) in [5.74, 6) is -4.34. The van der Waals surface area contributed by atoms with Crippen LogP contribution in [0.25, 0.3) is 0 Å². The number of fused-ring (bicyclic) bond motifs is 8. The van der Waals surface area contributed by atoms with Crippen LogP contribution in [0.15, 0.2) is 65.7 Å². The van der Waals surface area contributed by atoms with Gasteiger partial charge in [-0.25, -0.2) is 18.8 Å². The molecule has 2 saturated carbocycles. The first-order valence-electron chi connectivity index (χ1n) is 22.3. The summed E-state index contributed by atoms with van der Waals surface area (Å²) < 4.78 is 60.2. The smallest absolute Gasteiger partial charge is 0.408 e. The number of benzene rings is 2. The molecule has 348 valence electrons. The van der Waals surface area contributed by atoms with Crippen LogP contribution in [-0.2, 0) is 42.7 Å². The molecule has 0 unspecified atom stereocenters. The van der Waals surface area contributed by atoms with E-state index in [2.05, 4.69) is 10.2 Å². The molecule has 5 fully saturated rings. The number of amides is 1. The molecule has 0 aromatic heterocycles. The summed E-state index contributed by atoms with van der Waals surface area (Å²) in [4.78, 5) is 57.4. The highest BCUT2D eigenvalue weighted by molar-refractivity contribution is 5.89. The van der Waals surface area contributed by atoms with E-state index < -0.39 is 112 Å². The normalized spacial score (nSPS) is 35.0. The molecule has 0 spiro atoms. The van der Waals surface area contributed by atoms with E-state index in [9.17, 15) is 29.4 Å². The van der Waals surface area contributed by atoms with E-state index in [4.69, 9.17) is 33.2 Å². The first-order chi connectivity index (χ1) is 30.1. The highest BCUT2D eigenvalue weighted by Crippen LogP contribution is 2.66. The molecule has 3 aliphatic carbocycles. The van der Waals surface area contributed by atoms with Gasteiger partial charge in [-0.15, -0.1) is 0 Å². The van der Waals surface area contributed by atoms with Gasteiger partial charge in [-0.3, -0.25) is 9.69 Å². The molecule has 3 heterocycles. The van der Waals surface area contributed by atoms with Gasteiger partial charge >= 0.3 is 24.0 Å². The minimum atomic E-state index is -2.18. The van der Waals surface area contributed by atoms with Crippen LogP contribution in [0.3, 0.4) is 0 Å². The lowest BCUT2D eigenvalue weighted by molar-refractivity contribution is -0.345. The first-order valence-corrected chi connectivity index (χ1v) is 22.3. The number of rotatable bonds is 10. The second kappa shape index (κ2) is 16.8. The Labute approximate surface area is 372 Å². The third-order valence-electron chi connectivity index (χ3n) is 14.6. The fourth-order valence-electron chi connectivity index (χ4n) is 11.4. The quantitative estimate of drug-likeness (QED) is 0.158. The van der Waals surface area contributed by atoms with Gasteiger partial charge in [0, 0.05) is 36.3 Å². The topological polar surface area (TPSA) is 189 Å². The average molecular weight is 893 g/mol. The van der Waals surface area contributed by atoms with Crippen molar-refractivity contribution in [3.8, 4) is 0 Å². The first kappa shape index (κ1) is 46.1. The number of nitrogens with zero attached hydrogens (tertiary/aromatic N) is 1. The van der Waals surface area contributed by atoms with Gasteiger partial charge in [0.15, 0.2) is 18.0 Å². The minimum Gasteiger partial charge on any atom is -0.456 e. The number of nitrogens with one attached hydrogen (secondary N) is 1. The lowest BCUT2D eigenvalue weighted by atomic mass is 9.45. The van der Waals surface area contributed by atoms with E-state index in [0.717, 1.165) is 25.6 Å². The Kier molecular flexibility index (Phi) is 12.1. The summed E-state index contributed by atoms with van der Waals surface area (Å²) in [6.07, 6.45) is -7.27. The van der Waals surface area contributed by atoms with Crippen molar-refractivity contribution in [2.24, 2.45) is 16.7 Å². The van der Waals surface area contributed by atoms with E-state index in [1.807, 2.05) is 20.8 Å². The molecule has 0 radical (unpaired) electrons. The Morgan fingerprint density at radius 2 is 1.69 bits per heavy atom. The second-order valence-corrected chi connectivity index (χ2v) is 20.1. The van der Waals surface area contributed by atoms with Crippen molar-refractivity contribution in [3.05, 3.63) is 82.7 Å². The zero-order valence-corrected chi connectivity index (χ0v) is 37.8. The van der Waals surface area contributed by atoms with Gasteiger partial charge in [0.05, 0.1) is 30.2 Å². The maximum absolute atomic E-state index is 15.4. The van der Waals surface area contributed by atoms with Crippen LogP contribution in [0.1, 0.15) is 103 Å². The van der Waals surface area contributed by atoms with Gasteiger partial charge in [0.2, 0.25) is 0 Å². The molecule has 3 N–H and O–H groups in total. The van der Waals surface area contributed by atoms with E-state index in [1.54, 1.807) is 58.0 Å². The van der Waals surface area contributed by atoms with E-state index in [0.29, 0.717) is 30.5 Å². The zero-order valence-electron chi connectivity index (χ0n) is 37.8. The molecule has 3 saturated heterocycles. The number of carbonyl (C=O) groups is 4. The fourth-order valence-corrected chi connectivity index (χ4v) is 11.4. The second-order valence-electron chi connectivity index (χ2n) is 20.1. The van der Waals surface area contributed by atoms with Crippen LogP contribution in [0.2, 0.25) is 0 Å². The van der Waals surface area contributed by atoms with Crippen LogP contribution in [0.5, 0.6) is 0 Å². The predicted octanol–water partition coefficient (Wildman–Crippen LogP) is 5.31. The molecule has 2 bridgehead atoms. The van der Waals surface area contributed by atoms with Crippen molar-refractivity contribution in [1.82, 2.24) is 10.2 Å². The highest BCUT2D eigenvalue weighted by atomic mass is 19.1. The highest BCUT2D eigenvalue weighted by Gasteiger charge is 2.77. The molecule has 64 heavy (non-hydrogen) atoms. The van der Waals surface area contributed by atoms with Crippen LogP contribution < -0.4 is 5.32 Å². The molecule has 2 aromatic carbocycles. The Morgan fingerprint density at radius 3 is 2.30 bits per heavy atom. The van der Waals surface area contributed by atoms with Crippen molar-refractivity contribution < 1.29 is 66.9 Å². The molecule has 16 heteroatoms. The number of halogens is 1. The van der Waals surface area contributed by atoms with Gasteiger partial charge in [0.1, 0.15) is 41.4 Å². The molecular formula is C48H61FN2O13. The number of likely N-dealkylation sites (tertiary alicyclic amines) is 1. The molecule has 15 nitrogen and oxygen atoms in total. The summed E-state index contributed by atoms with van der Waals surface area (Å²) in [7, 11) is 0. The van der Waals surface area contributed by atoms with Crippen molar-refractivity contribution in [2.75, 3.05) is 26.2 Å². The fraction of sp³-hybridized carbons (Fsp3) is 0.625. The molecule has 8 rings (SSSR count). The predicted molar refractivity (Wildman–Crippen MR) is 226 cm³/mol. The maximum atomic E-state index is 15.4. The summed E-state index contributed by atoms with van der Waals surface area (Å²) >= 11 is 0. The lowest BCUT2D eigenvalue weighted by Gasteiger charge is -2.68. The lowest BCUT2D eigenvalue weighted by Crippen LogP contribution is -2.79. The number of carbonyl (C=O) groups excluding carboxylic acids is 4. The number of hydrogen-bond acceptors (Lipinski definition) is 14. The third-order valence-corrected chi connectivity index (χ3v) is 14.6. The van der Waals surface area contributed by atoms with Crippen LogP contribution in [0, 0.1) is 22.6 Å². The summed E-state index contributed by atoms with van der Waals surface area (Å²) in [5, 5.41) is 28.2. The summed E-state index contributed by atoms with van der Waals surface area (Å²) in [6.45, 7) is 15.8. The largest absolute Gasteiger partial charge is 0.456 e. The van der Waals surface area contributed by atoms with Gasteiger partial charge in [-0.1, -0.05) is 57.2 Å². The number of esters is 3. The monoisotopic (exact) mass is 892 g/mol. The Balaban J connectivity index is 1.26. The molecule has 2 aromatic rings. The molecule has 1 amide bonds. The Morgan fingerprint density at radius 1 is 1.00 bits per heavy atom. The van der Waals surface area contributed by atoms with Gasteiger partial charge < -0.3 is 48.7 Å². The van der Waals surface area contributed by atoms with Gasteiger partial charge in [0.25, 0.3) is 0 Å². The van der Waals surface area contributed by atoms with Crippen molar-refractivity contribution in [1.29, 1.82) is 0 Å². The number of alkyl carbamates (subject to hydrolysis) is 1. The van der Waals surface area contributed by atoms with E-state index in [1.165, 1.54) is 25.1 Å². The molecular weight excluding hydrogens is 832 g/mol. The number of aliphatic hydroxyl groups is 2. The SMILES string of the molecule is CC(=O)O[C@@]12CO[C@@H]1CC[C@@]1(C)[C@@H]3O[C@H](CN4CCC4)O[C@@H]3C3=C(C)[C@@H](OC(=O)[C@H](O)[C@@H](NC(=O)OC(C)(C)C)c4ccccc4F)C[C@@](O)([C@@H](OC(=O)c4ccccc4)[C@@H]12)C3(C)C. The van der Waals surface area contributed by atoms with E-state index in [-0.39, 0.29) is 24.2 Å². The average Bonchev–Trinajstić information content (AvgIpc) is 3.62. The summed E-state index contributed by atoms with van der Waals surface area (Å²) in [6, 6.07) is 12.1. The van der Waals surface area contributed by atoms with E-state index >= 15 is 4.39 Å². The standard InChI is InChI=1S/C48H61FN2O13/c1-26-31(59-42(55)36(53)35(29-17-12-13-18-30(29)49)50-43(56)64-44(3,4)5)23-48(57)40(62-41(54)28-15-10-9-11-16-28)38-46(8,20-19-32-47(38,25-58-32)63-27(2)52)39-37(34(26)45(48,6)7)60-33(61-39)24-51-21-14-22-51/h9-13,15-18,31-33,35-40,53,57H,14,19-25H2,1-8H3,(H,50,56)/t31-,32+,33+,35-,36+,37+,38-,39+,40-,46+,47-,48+/m0/s1. The molecule has 3 aliphatic heterocycles. The van der Waals surface area contributed by atoms with Crippen LogP contribution in [0.4, 0.5) is 9.18 Å².